The van der Waals surface area contributed by atoms with E-state index in [4.69, 9.17) is 0 Å². The molecule has 4 rings (SSSR count). The second kappa shape index (κ2) is 11.5. The van der Waals surface area contributed by atoms with E-state index in [0.29, 0.717) is 22.7 Å². The number of hydrogen-bond acceptors (Lipinski definition) is 1. The highest BCUT2D eigenvalue weighted by Gasteiger charge is 2.60. The zero-order chi connectivity index (χ0) is 25.4. The molecule has 35 heavy (non-hydrogen) atoms. The largest absolute Gasteiger partial charge is 0.392 e. The Hall–Kier alpha value is 0.180. The van der Waals surface area contributed by atoms with E-state index in [1.807, 2.05) is 0 Å². The Morgan fingerprint density at radius 2 is 1.77 bits per heavy atom. The average Bonchev–Trinajstić information content (AvgIpc) is 3.18. The Morgan fingerprint density at radius 3 is 2.46 bits per heavy atom. The molecule has 201 valence electrons. The van der Waals surface area contributed by atoms with Crippen molar-refractivity contribution in [2.24, 2.45) is 58.2 Å². The third-order valence-corrected chi connectivity index (χ3v) is 12.6. The molecule has 1 N–H and O–H groups in total. The Bertz CT molecular complexity index is 729. The van der Waals surface area contributed by atoms with E-state index < -0.39 is 0 Å². The molecule has 10 atom stereocenters. The summed E-state index contributed by atoms with van der Waals surface area (Å²) >= 11 is 3.64. The van der Waals surface area contributed by atoms with Crippen LogP contribution in [0.25, 0.3) is 0 Å². The first-order valence-corrected chi connectivity index (χ1v) is 16.5. The van der Waals surface area contributed by atoms with Crippen LogP contribution in [0.3, 0.4) is 0 Å². The van der Waals surface area contributed by atoms with Crippen LogP contribution in [-0.4, -0.2) is 16.5 Å². The molecule has 0 aromatic carbocycles. The number of aliphatic hydroxyl groups excluding tert-OH is 1. The van der Waals surface area contributed by atoms with Gasteiger partial charge in [0.25, 0.3) is 0 Å². The van der Waals surface area contributed by atoms with E-state index in [0.717, 1.165) is 53.7 Å². The lowest BCUT2D eigenvalue weighted by Crippen LogP contribution is -2.53. The van der Waals surface area contributed by atoms with Gasteiger partial charge in [-0.1, -0.05) is 88.4 Å². The fourth-order valence-corrected chi connectivity index (χ4v) is 10.6. The molecule has 0 aromatic heterocycles. The number of alkyl halides is 1. The van der Waals surface area contributed by atoms with Crippen molar-refractivity contribution in [3.63, 3.8) is 0 Å². The lowest BCUT2D eigenvalue weighted by Gasteiger charge is -2.60. The minimum Gasteiger partial charge on any atom is -0.392 e. The first-order valence-electron chi connectivity index (χ1n) is 15.4. The van der Waals surface area contributed by atoms with E-state index in [9.17, 15) is 5.11 Å². The van der Waals surface area contributed by atoms with Gasteiger partial charge >= 0.3 is 0 Å². The quantitative estimate of drug-likeness (QED) is 0.213. The third-order valence-electron chi connectivity index (χ3n) is 12.0. The predicted octanol–water partition coefficient (Wildman–Crippen LogP) is 9.63. The molecule has 0 amide bonds. The number of allylic oxidation sites excluding steroid dienone is 1. The van der Waals surface area contributed by atoms with E-state index in [2.05, 4.69) is 63.5 Å². The topological polar surface area (TPSA) is 20.2 Å². The fraction of sp³-hybridized carbons (Fsp3) is 0.909. The molecule has 0 saturated heterocycles. The van der Waals surface area contributed by atoms with E-state index in [1.165, 1.54) is 70.6 Å². The predicted molar refractivity (Wildman–Crippen MR) is 154 cm³/mol. The maximum Gasteiger partial charge on any atom is 0.0608 e. The molecule has 2 unspecified atom stereocenters. The van der Waals surface area contributed by atoms with Crippen LogP contribution in [0.2, 0.25) is 0 Å². The number of fused-ring (bicyclic) bond motifs is 5. The van der Waals surface area contributed by atoms with Gasteiger partial charge in [-0.2, -0.15) is 0 Å². The summed E-state index contributed by atoms with van der Waals surface area (Å²) in [5, 5.41) is 12.3. The van der Waals surface area contributed by atoms with Crippen LogP contribution in [0, 0.1) is 65.1 Å². The average molecular weight is 549 g/mol. The highest BCUT2D eigenvalue weighted by atomic mass is 79.9. The summed E-state index contributed by atoms with van der Waals surface area (Å²) in [5.41, 5.74) is 2.51. The molecular weight excluding hydrogens is 492 g/mol. The second-order valence-electron chi connectivity index (χ2n) is 14.2. The van der Waals surface area contributed by atoms with Crippen molar-refractivity contribution in [2.45, 2.75) is 124 Å². The standard InChI is InChI=1S/C33H56BrO/c1-7-24(12-9-21-34)31-29-14-13-25-27-16-15-26(23(4)11-8-10-22(2)3)32(27,5)19-17-28(25)33(29,6)20-18-30(31)35/h14,22-28,30-31,35H,1,7-13,15-21H2,2-6H3/t23-,24?,25+,26-,27+,28+,30+,31?,32-,33-/m1/s1. The van der Waals surface area contributed by atoms with Crippen LogP contribution in [0.1, 0.15) is 118 Å². The minimum absolute atomic E-state index is 0.163. The van der Waals surface area contributed by atoms with Crippen molar-refractivity contribution in [1.29, 1.82) is 0 Å². The number of halogens is 1. The third kappa shape index (κ3) is 5.24. The summed E-state index contributed by atoms with van der Waals surface area (Å²) in [6.07, 6.45) is 19.3. The summed E-state index contributed by atoms with van der Waals surface area (Å²) < 4.78 is 0. The highest BCUT2D eigenvalue weighted by Crippen LogP contribution is 2.68. The van der Waals surface area contributed by atoms with Gasteiger partial charge in [0, 0.05) is 11.2 Å². The summed E-state index contributed by atoms with van der Waals surface area (Å²) in [6, 6.07) is 0. The number of rotatable bonds is 10. The van der Waals surface area contributed by atoms with Crippen LogP contribution < -0.4 is 0 Å². The van der Waals surface area contributed by atoms with Gasteiger partial charge in [0.05, 0.1) is 6.10 Å². The molecule has 0 bridgehead atoms. The summed E-state index contributed by atoms with van der Waals surface area (Å²) in [6.45, 7) is 17.0. The molecule has 1 nitrogen and oxygen atoms in total. The molecule has 4 aliphatic carbocycles. The van der Waals surface area contributed by atoms with Crippen LogP contribution in [0.15, 0.2) is 11.6 Å². The van der Waals surface area contributed by atoms with Crippen molar-refractivity contribution >= 4 is 15.9 Å². The summed E-state index contributed by atoms with van der Waals surface area (Å²) in [5.74, 6) is 6.13. The normalized spacial score (nSPS) is 42.7. The first kappa shape index (κ1) is 28.2. The van der Waals surface area contributed by atoms with Gasteiger partial charge in [-0.25, -0.2) is 0 Å². The highest BCUT2D eigenvalue weighted by molar-refractivity contribution is 9.09. The summed E-state index contributed by atoms with van der Waals surface area (Å²) in [4.78, 5) is 0. The monoisotopic (exact) mass is 547 g/mol. The minimum atomic E-state index is -0.163. The molecule has 3 fully saturated rings. The molecule has 1 radical (unpaired) electrons. The Balaban J connectivity index is 1.54. The van der Waals surface area contributed by atoms with Gasteiger partial charge in [0.15, 0.2) is 0 Å². The van der Waals surface area contributed by atoms with Gasteiger partial charge in [-0.3, -0.25) is 0 Å². The van der Waals surface area contributed by atoms with E-state index in [1.54, 1.807) is 5.57 Å². The lowest BCUT2D eigenvalue weighted by atomic mass is 9.45. The van der Waals surface area contributed by atoms with Gasteiger partial charge in [0.2, 0.25) is 0 Å². The maximum atomic E-state index is 11.2. The molecule has 0 heterocycles. The summed E-state index contributed by atoms with van der Waals surface area (Å²) in [7, 11) is 0. The van der Waals surface area contributed by atoms with Crippen LogP contribution in [0.4, 0.5) is 0 Å². The van der Waals surface area contributed by atoms with Crippen LogP contribution in [0.5, 0.6) is 0 Å². The van der Waals surface area contributed by atoms with E-state index >= 15 is 0 Å². The van der Waals surface area contributed by atoms with Gasteiger partial charge < -0.3 is 5.11 Å². The second-order valence-corrected chi connectivity index (χ2v) is 15.0. The molecule has 0 spiro atoms. The maximum absolute atomic E-state index is 11.2. The Kier molecular flexibility index (Phi) is 9.27. The SMILES string of the molecule is [CH2]CC(CCCBr)C1C2=CC[C@H]3[C@@H]4CC[C@H]([C@H](C)CCCC(C)C)[C@@]4(C)CC[C@@H]3[C@@]2(C)CC[C@@H]1O. The Labute approximate surface area is 226 Å². The van der Waals surface area contributed by atoms with Gasteiger partial charge in [0.1, 0.15) is 0 Å². The molecule has 3 saturated carbocycles. The molecule has 2 heteroatoms. The van der Waals surface area contributed by atoms with Crippen LogP contribution >= 0.6 is 15.9 Å². The Morgan fingerprint density at radius 1 is 1.00 bits per heavy atom. The number of aliphatic hydroxyl groups is 1. The zero-order valence-electron chi connectivity index (χ0n) is 23.7. The van der Waals surface area contributed by atoms with Crippen molar-refractivity contribution < 1.29 is 5.11 Å². The molecule has 0 aromatic rings. The molecule has 4 aliphatic rings. The van der Waals surface area contributed by atoms with Crippen molar-refractivity contribution in [3.05, 3.63) is 18.6 Å². The first-order chi connectivity index (χ1) is 16.7. The van der Waals surface area contributed by atoms with Crippen molar-refractivity contribution in [3.8, 4) is 0 Å². The van der Waals surface area contributed by atoms with E-state index in [-0.39, 0.29) is 6.10 Å². The smallest absolute Gasteiger partial charge is 0.0608 e. The van der Waals surface area contributed by atoms with Crippen LogP contribution in [-0.2, 0) is 0 Å². The fourth-order valence-electron chi connectivity index (χ4n) is 10.2. The molecule has 0 aliphatic heterocycles. The van der Waals surface area contributed by atoms with Gasteiger partial charge in [-0.15, -0.1) is 0 Å². The zero-order valence-corrected chi connectivity index (χ0v) is 25.3. The molecular formula is C33H56BrO. The number of hydrogen-bond donors (Lipinski definition) is 1. The van der Waals surface area contributed by atoms with Crippen molar-refractivity contribution in [1.82, 2.24) is 0 Å². The lowest BCUT2D eigenvalue weighted by molar-refractivity contribution is -0.0714. The van der Waals surface area contributed by atoms with Gasteiger partial charge in [-0.05, 0) is 116 Å². The van der Waals surface area contributed by atoms with Crippen molar-refractivity contribution in [2.75, 3.05) is 5.33 Å².